The largest absolute Gasteiger partial charge is 0.494 e. The van der Waals surface area contributed by atoms with E-state index in [0.717, 1.165) is 55.5 Å². The van der Waals surface area contributed by atoms with Gasteiger partial charge in [-0.1, -0.05) is 25.7 Å². The molecule has 0 radical (unpaired) electrons. The molecule has 0 aromatic heterocycles. The number of unbranched alkanes of at least 4 members (excludes halogenated alkanes) is 3. The van der Waals surface area contributed by atoms with Gasteiger partial charge < -0.3 is 19.3 Å². The standard InChI is InChI=1S/C28H40N4O5/c1-19(22-10-7-8-11-22)32(20(2)37-21(3)33)27(35)12-6-4-5-9-15-36-24-13-14-25-23(16-24)17-31-18-26(34)30-28(31)29-25/h13-14,16,19-20,22H,4-12,15,17-18H2,1-3H3,(H,29,30,34). The highest BCUT2D eigenvalue weighted by Crippen LogP contribution is 2.32. The molecule has 9 heteroatoms. The first-order chi connectivity index (χ1) is 17.8. The predicted molar refractivity (Wildman–Crippen MR) is 140 cm³/mol. The fraction of sp³-hybridized carbons (Fsp3) is 0.643. The zero-order valence-corrected chi connectivity index (χ0v) is 22.3. The lowest BCUT2D eigenvalue weighted by Crippen LogP contribution is -2.49. The van der Waals surface area contributed by atoms with Crippen molar-refractivity contribution in [1.82, 2.24) is 15.1 Å². The molecule has 1 saturated heterocycles. The van der Waals surface area contributed by atoms with Crippen LogP contribution < -0.4 is 10.1 Å². The first-order valence-corrected chi connectivity index (χ1v) is 13.7. The molecule has 4 rings (SSSR count). The van der Waals surface area contributed by atoms with E-state index in [4.69, 9.17) is 9.47 Å². The van der Waals surface area contributed by atoms with Gasteiger partial charge in [-0.25, -0.2) is 4.99 Å². The molecule has 37 heavy (non-hydrogen) atoms. The van der Waals surface area contributed by atoms with Crippen LogP contribution in [0.3, 0.4) is 0 Å². The van der Waals surface area contributed by atoms with Crippen molar-refractivity contribution in [3.05, 3.63) is 23.8 Å². The summed E-state index contributed by atoms with van der Waals surface area (Å²) >= 11 is 0. The second kappa shape index (κ2) is 12.4. The topological polar surface area (TPSA) is 101 Å². The normalized spacial score (nSPS) is 18.4. The molecule has 1 aliphatic carbocycles. The number of amides is 2. The van der Waals surface area contributed by atoms with E-state index in [2.05, 4.69) is 17.2 Å². The minimum atomic E-state index is -0.537. The number of hydrogen-bond donors (Lipinski definition) is 1. The van der Waals surface area contributed by atoms with Crippen LogP contribution in [-0.2, 0) is 25.7 Å². The molecule has 0 spiro atoms. The summed E-state index contributed by atoms with van der Waals surface area (Å²) in [5, 5.41) is 2.78. The Morgan fingerprint density at radius 3 is 2.65 bits per heavy atom. The van der Waals surface area contributed by atoms with Gasteiger partial charge in [0.25, 0.3) is 0 Å². The molecule has 1 saturated carbocycles. The molecule has 1 aromatic carbocycles. The van der Waals surface area contributed by atoms with Crippen molar-refractivity contribution in [3.63, 3.8) is 0 Å². The Balaban J connectivity index is 1.17. The summed E-state index contributed by atoms with van der Waals surface area (Å²) in [6.45, 7) is 6.88. The SMILES string of the molecule is CC(=O)OC(C)N(C(=O)CCCCCCOc1ccc2c(c1)CN1CC(=O)NC1=N2)C(C)C1CCCC1. The molecule has 2 fully saturated rings. The van der Waals surface area contributed by atoms with E-state index in [9.17, 15) is 14.4 Å². The van der Waals surface area contributed by atoms with Gasteiger partial charge in [0.15, 0.2) is 6.23 Å². The number of rotatable bonds is 12. The number of esters is 1. The third kappa shape index (κ3) is 7.02. The van der Waals surface area contributed by atoms with E-state index < -0.39 is 6.23 Å². The van der Waals surface area contributed by atoms with Crippen LogP contribution in [0.15, 0.2) is 23.2 Å². The van der Waals surface area contributed by atoms with Crippen molar-refractivity contribution in [2.45, 2.75) is 97.4 Å². The van der Waals surface area contributed by atoms with Crippen LogP contribution in [0.4, 0.5) is 5.69 Å². The maximum absolute atomic E-state index is 13.1. The van der Waals surface area contributed by atoms with Crippen LogP contribution in [0.2, 0.25) is 0 Å². The molecule has 9 nitrogen and oxygen atoms in total. The van der Waals surface area contributed by atoms with E-state index in [0.29, 0.717) is 38.0 Å². The second-order valence-corrected chi connectivity index (χ2v) is 10.4. The molecule has 1 aromatic rings. The predicted octanol–water partition coefficient (Wildman–Crippen LogP) is 4.27. The molecule has 1 N–H and O–H groups in total. The van der Waals surface area contributed by atoms with Crippen LogP contribution in [-0.4, -0.2) is 59.0 Å². The van der Waals surface area contributed by atoms with E-state index in [1.165, 1.54) is 19.8 Å². The van der Waals surface area contributed by atoms with Crippen LogP contribution in [0, 0.1) is 5.92 Å². The number of hydrogen-bond acceptors (Lipinski definition) is 7. The Bertz CT molecular complexity index is 1020. The molecule has 2 atom stereocenters. The Morgan fingerprint density at radius 1 is 1.14 bits per heavy atom. The average molecular weight is 513 g/mol. The van der Waals surface area contributed by atoms with Gasteiger partial charge in [0.05, 0.1) is 12.3 Å². The second-order valence-electron chi connectivity index (χ2n) is 10.4. The summed E-state index contributed by atoms with van der Waals surface area (Å²) in [6.07, 6.45) is 8.24. The van der Waals surface area contributed by atoms with Crippen molar-refractivity contribution >= 4 is 29.4 Å². The summed E-state index contributed by atoms with van der Waals surface area (Å²) in [6, 6.07) is 5.92. The molecule has 0 bridgehead atoms. The van der Waals surface area contributed by atoms with Crippen molar-refractivity contribution < 1.29 is 23.9 Å². The maximum Gasteiger partial charge on any atom is 0.304 e. The Hall–Kier alpha value is -3.10. The number of guanidine groups is 1. The monoisotopic (exact) mass is 512 g/mol. The summed E-state index contributed by atoms with van der Waals surface area (Å²) in [5.74, 6) is 1.59. The highest BCUT2D eigenvalue weighted by molar-refractivity contribution is 6.05. The van der Waals surface area contributed by atoms with Crippen LogP contribution >= 0.6 is 0 Å². The molecular weight excluding hydrogens is 472 g/mol. The number of benzene rings is 1. The van der Waals surface area contributed by atoms with Crippen LogP contribution in [0.5, 0.6) is 5.75 Å². The number of carbonyl (C=O) groups is 3. The van der Waals surface area contributed by atoms with Crippen molar-refractivity contribution in [2.24, 2.45) is 10.9 Å². The fourth-order valence-corrected chi connectivity index (χ4v) is 5.70. The van der Waals surface area contributed by atoms with E-state index in [1.54, 1.807) is 11.8 Å². The van der Waals surface area contributed by atoms with Gasteiger partial charge in [-0.3, -0.25) is 19.7 Å². The highest BCUT2D eigenvalue weighted by Gasteiger charge is 2.33. The summed E-state index contributed by atoms with van der Waals surface area (Å²) in [7, 11) is 0. The number of nitrogens with one attached hydrogen (secondary N) is 1. The minimum Gasteiger partial charge on any atom is -0.494 e. The molecule has 2 unspecified atom stereocenters. The molecular formula is C28H40N4O5. The lowest BCUT2D eigenvalue weighted by Gasteiger charge is -2.37. The average Bonchev–Trinajstić information content (AvgIpc) is 3.50. The zero-order valence-electron chi connectivity index (χ0n) is 22.3. The molecule has 202 valence electrons. The van der Waals surface area contributed by atoms with E-state index >= 15 is 0 Å². The lowest BCUT2D eigenvalue weighted by molar-refractivity contribution is -0.165. The number of aliphatic imine (C=N–C) groups is 1. The van der Waals surface area contributed by atoms with Crippen molar-refractivity contribution in [1.29, 1.82) is 0 Å². The zero-order chi connectivity index (χ0) is 26.4. The summed E-state index contributed by atoms with van der Waals surface area (Å²) in [4.78, 5) is 44.5. The van der Waals surface area contributed by atoms with E-state index in [1.807, 2.05) is 23.1 Å². The third-order valence-electron chi connectivity index (χ3n) is 7.61. The van der Waals surface area contributed by atoms with Gasteiger partial charge in [-0.15, -0.1) is 0 Å². The number of ether oxygens (including phenoxy) is 2. The van der Waals surface area contributed by atoms with Gasteiger partial charge in [0, 0.05) is 31.5 Å². The summed E-state index contributed by atoms with van der Waals surface area (Å²) < 4.78 is 11.4. The number of carbonyl (C=O) groups excluding carboxylic acids is 3. The first-order valence-electron chi connectivity index (χ1n) is 13.7. The van der Waals surface area contributed by atoms with Gasteiger partial charge in [-0.05, 0) is 63.6 Å². The van der Waals surface area contributed by atoms with Gasteiger partial charge in [-0.2, -0.15) is 0 Å². The van der Waals surface area contributed by atoms with Crippen LogP contribution in [0.25, 0.3) is 0 Å². The highest BCUT2D eigenvalue weighted by atomic mass is 16.6. The van der Waals surface area contributed by atoms with Gasteiger partial charge >= 0.3 is 5.97 Å². The van der Waals surface area contributed by atoms with E-state index in [-0.39, 0.29) is 23.8 Å². The van der Waals surface area contributed by atoms with Crippen molar-refractivity contribution in [2.75, 3.05) is 13.2 Å². The third-order valence-corrected chi connectivity index (χ3v) is 7.61. The van der Waals surface area contributed by atoms with Gasteiger partial charge in [0.2, 0.25) is 17.8 Å². The lowest BCUT2D eigenvalue weighted by atomic mass is 9.97. The Labute approximate surface area is 219 Å². The maximum atomic E-state index is 13.1. The molecule has 2 aliphatic heterocycles. The first kappa shape index (κ1) is 26.9. The fourth-order valence-electron chi connectivity index (χ4n) is 5.70. The molecule has 2 amide bonds. The molecule has 2 heterocycles. The summed E-state index contributed by atoms with van der Waals surface area (Å²) in [5.41, 5.74) is 1.92. The molecule has 3 aliphatic rings. The number of nitrogens with zero attached hydrogens (tertiary/aromatic N) is 3. The quantitative estimate of drug-likeness (QED) is 0.255. The number of fused-ring (bicyclic) bond motifs is 2. The minimum absolute atomic E-state index is 0.0281. The Morgan fingerprint density at radius 2 is 1.89 bits per heavy atom. The smallest absolute Gasteiger partial charge is 0.304 e. The van der Waals surface area contributed by atoms with Gasteiger partial charge in [0.1, 0.15) is 12.3 Å². The Kier molecular flexibility index (Phi) is 9.05. The van der Waals surface area contributed by atoms with Crippen molar-refractivity contribution in [3.8, 4) is 5.75 Å². The van der Waals surface area contributed by atoms with Crippen LogP contribution in [0.1, 0.15) is 84.1 Å².